The quantitative estimate of drug-likeness (QED) is 0.157. The van der Waals surface area contributed by atoms with Crippen LogP contribution in [0.15, 0.2) is 82.9 Å². The first-order valence-electron chi connectivity index (χ1n) is 14.9. The van der Waals surface area contributed by atoms with Gasteiger partial charge < -0.3 is 14.5 Å². The molecule has 46 heavy (non-hydrogen) atoms. The Kier molecular flexibility index (Phi) is 10.8. The van der Waals surface area contributed by atoms with Gasteiger partial charge >= 0.3 is 6.09 Å². The summed E-state index contributed by atoms with van der Waals surface area (Å²) >= 11 is 1.34. The Labute approximate surface area is 273 Å². The molecule has 1 saturated heterocycles. The molecule has 1 aromatic heterocycles. The molecule has 242 valence electrons. The van der Waals surface area contributed by atoms with Gasteiger partial charge in [0, 0.05) is 43.4 Å². The van der Waals surface area contributed by atoms with Crippen molar-refractivity contribution in [3.8, 4) is 0 Å². The summed E-state index contributed by atoms with van der Waals surface area (Å²) in [6.45, 7) is 9.59. The van der Waals surface area contributed by atoms with E-state index in [1.165, 1.54) is 50.9 Å². The predicted octanol–water partition coefficient (Wildman–Crippen LogP) is 6.39. The SMILES string of the molecule is CC(C)c1ccccc1Sc1ccc(C=CC(=O)N2CCN(C(=O)OC(C)(C)C)C(C(=O)N(C)c3cccnc3)C2)cc1[N+](=O)[O-]. The van der Waals surface area contributed by atoms with Gasteiger partial charge in [-0.1, -0.05) is 49.9 Å². The lowest BCUT2D eigenvalue weighted by Crippen LogP contribution is -2.62. The lowest BCUT2D eigenvalue weighted by molar-refractivity contribution is -0.387. The number of benzene rings is 2. The minimum absolute atomic E-state index is 0.0587. The highest BCUT2D eigenvalue weighted by atomic mass is 32.2. The van der Waals surface area contributed by atoms with Gasteiger partial charge in [0.05, 0.1) is 28.2 Å². The van der Waals surface area contributed by atoms with Crippen LogP contribution in [-0.4, -0.2) is 75.9 Å². The molecular formula is C34H39N5O6S. The van der Waals surface area contributed by atoms with Gasteiger partial charge in [-0.15, -0.1) is 0 Å². The van der Waals surface area contributed by atoms with Crippen molar-refractivity contribution in [2.24, 2.45) is 0 Å². The van der Waals surface area contributed by atoms with Crippen LogP contribution in [0.1, 0.15) is 51.7 Å². The third-order valence-electron chi connectivity index (χ3n) is 7.33. The molecule has 0 aliphatic carbocycles. The summed E-state index contributed by atoms with van der Waals surface area (Å²) in [5.74, 6) is -0.534. The number of hydrogen-bond donors (Lipinski definition) is 0. The van der Waals surface area contributed by atoms with E-state index >= 15 is 0 Å². The molecule has 12 heteroatoms. The molecule has 4 rings (SSSR count). The molecule has 3 aromatic rings. The number of nitrogens with zero attached hydrogens (tertiary/aromatic N) is 5. The van der Waals surface area contributed by atoms with Crippen molar-refractivity contribution in [3.63, 3.8) is 0 Å². The molecule has 0 radical (unpaired) electrons. The van der Waals surface area contributed by atoms with Gasteiger partial charge in [-0.2, -0.15) is 0 Å². The average Bonchev–Trinajstić information content (AvgIpc) is 3.02. The minimum atomic E-state index is -1.00. The number of nitro groups is 1. The number of ether oxygens (including phenoxy) is 1. The van der Waals surface area contributed by atoms with Crippen LogP contribution in [0.4, 0.5) is 16.2 Å². The van der Waals surface area contributed by atoms with Crippen molar-refractivity contribution in [1.82, 2.24) is 14.8 Å². The highest BCUT2D eigenvalue weighted by Gasteiger charge is 2.40. The third kappa shape index (κ3) is 8.51. The maximum Gasteiger partial charge on any atom is 0.411 e. The molecule has 1 atom stereocenters. The molecule has 2 heterocycles. The van der Waals surface area contributed by atoms with Crippen LogP contribution in [0.25, 0.3) is 6.08 Å². The molecule has 0 N–H and O–H groups in total. The first kappa shape index (κ1) is 34.2. The van der Waals surface area contributed by atoms with Gasteiger partial charge in [0.2, 0.25) is 5.91 Å². The summed E-state index contributed by atoms with van der Waals surface area (Å²) in [5.41, 5.74) is 1.29. The second-order valence-electron chi connectivity index (χ2n) is 12.2. The van der Waals surface area contributed by atoms with E-state index in [1.54, 1.807) is 58.3 Å². The largest absolute Gasteiger partial charge is 0.444 e. The summed E-state index contributed by atoms with van der Waals surface area (Å²) in [5, 5.41) is 12.0. The van der Waals surface area contributed by atoms with Gasteiger partial charge in [-0.05, 0) is 68.2 Å². The first-order valence-corrected chi connectivity index (χ1v) is 15.8. The second kappa shape index (κ2) is 14.6. The van der Waals surface area contributed by atoms with Crippen molar-refractivity contribution in [3.05, 3.63) is 94.3 Å². The Morgan fingerprint density at radius 3 is 2.48 bits per heavy atom. The van der Waals surface area contributed by atoms with E-state index in [2.05, 4.69) is 18.8 Å². The van der Waals surface area contributed by atoms with Crippen LogP contribution in [0.5, 0.6) is 0 Å². The summed E-state index contributed by atoms with van der Waals surface area (Å²) in [6, 6.07) is 15.1. The number of piperazine rings is 1. The molecule has 1 aliphatic rings. The van der Waals surface area contributed by atoms with Crippen LogP contribution < -0.4 is 4.90 Å². The topological polar surface area (TPSA) is 126 Å². The molecule has 0 bridgehead atoms. The predicted molar refractivity (Wildman–Crippen MR) is 178 cm³/mol. The zero-order valence-corrected chi connectivity index (χ0v) is 27.7. The van der Waals surface area contributed by atoms with Gasteiger partial charge in [0.25, 0.3) is 11.6 Å². The smallest absolute Gasteiger partial charge is 0.411 e. The van der Waals surface area contributed by atoms with E-state index < -0.39 is 34.5 Å². The fourth-order valence-corrected chi connectivity index (χ4v) is 6.12. The maximum absolute atomic E-state index is 13.7. The highest BCUT2D eigenvalue weighted by molar-refractivity contribution is 7.99. The van der Waals surface area contributed by atoms with Crippen molar-refractivity contribution >= 4 is 47.1 Å². The zero-order valence-electron chi connectivity index (χ0n) is 26.9. The number of carbonyl (C=O) groups excluding carboxylic acids is 3. The normalized spacial score (nSPS) is 15.2. The Morgan fingerprint density at radius 2 is 1.83 bits per heavy atom. The van der Waals surface area contributed by atoms with E-state index in [9.17, 15) is 24.5 Å². The first-order chi connectivity index (χ1) is 21.7. The molecule has 11 nitrogen and oxygen atoms in total. The van der Waals surface area contributed by atoms with E-state index in [0.29, 0.717) is 16.1 Å². The molecule has 3 amide bonds. The molecule has 1 fully saturated rings. The van der Waals surface area contributed by atoms with E-state index in [4.69, 9.17) is 4.74 Å². The number of rotatable bonds is 8. The Bertz CT molecular complexity index is 1620. The monoisotopic (exact) mass is 645 g/mol. The fraction of sp³-hybridized carbons (Fsp3) is 0.353. The number of hydrogen-bond acceptors (Lipinski definition) is 8. The third-order valence-corrected chi connectivity index (χ3v) is 8.48. The molecule has 0 saturated carbocycles. The molecule has 1 aliphatic heterocycles. The zero-order chi connectivity index (χ0) is 33.6. The number of pyridine rings is 1. The number of carbonyl (C=O) groups is 3. The number of anilines is 1. The Balaban J connectivity index is 1.53. The maximum atomic E-state index is 13.7. The summed E-state index contributed by atoms with van der Waals surface area (Å²) < 4.78 is 5.57. The lowest BCUT2D eigenvalue weighted by Gasteiger charge is -2.41. The number of nitro benzene ring substituents is 1. The van der Waals surface area contributed by atoms with Crippen molar-refractivity contribution in [1.29, 1.82) is 0 Å². The standard InChI is InChI=1S/C34H39N5O6S/c1-23(2)26-11-7-8-12-29(26)46-30-15-13-24(20-27(30)39(43)44)14-16-31(40)37-18-19-38(33(42)45-34(3,4)5)28(22-37)32(41)36(6)25-10-9-17-35-21-25/h7-17,20-21,23,28H,18-19,22H2,1-6H3. The van der Waals surface area contributed by atoms with E-state index in [-0.39, 0.29) is 31.2 Å². The van der Waals surface area contributed by atoms with Gasteiger partial charge in [-0.25, -0.2) is 4.79 Å². The Morgan fingerprint density at radius 1 is 1.09 bits per heavy atom. The van der Waals surface area contributed by atoms with Crippen LogP contribution >= 0.6 is 11.8 Å². The highest BCUT2D eigenvalue weighted by Crippen LogP contribution is 2.39. The van der Waals surface area contributed by atoms with Crippen LogP contribution in [0.2, 0.25) is 0 Å². The number of likely N-dealkylation sites (N-methyl/N-ethyl adjacent to an activating group) is 1. The van der Waals surface area contributed by atoms with E-state index in [0.717, 1.165) is 10.5 Å². The van der Waals surface area contributed by atoms with Crippen molar-refractivity contribution < 1.29 is 24.0 Å². The average molecular weight is 646 g/mol. The van der Waals surface area contributed by atoms with Gasteiger partial charge in [0.15, 0.2) is 0 Å². The lowest BCUT2D eigenvalue weighted by atomic mass is 10.0. The van der Waals surface area contributed by atoms with Gasteiger partial charge in [-0.3, -0.25) is 29.6 Å². The van der Waals surface area contributed by atoms with Crippen molar-refractivity contribution in [2.45, 2.75) is 62.0 Å². The summed E-state index contributed by atoms with van der Waals surface area (Å²) in [7, 11) is 1.59. The molecule has 1 unspecified atom stereocenters. The van der Waals surface area contributed by atoms with Crippen LogP contribution in [0.3, 0.4) is 0 Å². The molecular weight excluding hydrogens is 606 g/mol. The summed E-state index contributed by atoms with van der Waals surface area (Å²) in [6.07, 6.45) is 5.33. The number of aromatic nitrogens is 1. The van der Waals surface area contributed by atoms with Crippen molar-refractivity contribution in [2.75, 3.05) is 31.6 Å². The van der Waals surface area contributed by atoms with Gasteiger partial charge in [0.1, 0.15) is 11.6 Å². The second-order valence-corrected chi connectivity index (χ2v) is 13.3. The summed E-state index contributed by atoms with van der Waals surface area (Å²) in [4.78, 5) is 61.5. The molecule has 2 aromatic carbocycles. The Hall–Kier alpha value is -4.71. The van der Waals surface area contributed by atoms with E-state index in [1.807, 2.05) is 24.3 Å². The van der Waals surface area contributed by atoms with Crippen LogP contribution in [0, 0.1) is 10.1 Å². The van der Waals surface area contributed by atoms with Crippen LogP contribution in [-0.2, 0) is 14.3 Å². The fourth-order valence-electron chi connectivity index (χ4n) is 4.95. The minimum Gasteiger partial charge on any atom is -0.444 e. The molecule has 0 spiro atoms. The number of amides is 3.